The molecule has 0 aliphatic rings. The fourth-order valence-corrected chi connectivity index (χ4v) is 3.80. The number of nitrogens with zero attached hydrogens (tertiary/aromatic N) is 1. The van der Waals surface area contributed by atoms with E-state index >= 15 is 0 Å². The minimum Gasteiger partial charge on any atom is -0.493 e. The van der Waals surface area contributed by atoms with E-state index in [0.717, 1.165) is 20.3 Å². The Kier molecular flexibility index (Phi) is 7.43. The van der Waals surface area contributed by atoms with Gasteiger partial charge in [-0.05, 0) is 70.1 Å². The number of hydrogen-bond acceptors (Lipinski definition) is 3. The fourth-order valence-electron chi connectivity index (χ4n) is 2.70. The summed E-state index contributed by atoms with van der Waals surface area (Å²) < 4.78 is 12.4. The molecule has 0 unspecified atom stereocenters. The van der Waals surface area contributed by atoms with Crippen LogP contribution in [0.1, 0.15) is 16.7 Å². The predicted octanol–water partition coefficient (Wildman–Crippen LogP) is 7.25. The van der Waals surface area contributed by atoms with E-state index in [9.17, 15) is 5.26 Å². The standard InChI is InChI=1S/C23H16Cl2INO2/c1-28-22-12-15(10-18(13-27)16-6-8-19(24)9-7-16)11-21(26)23(22)29-14-17-4-2-3-5-20(17)25/h2-12H,14H2,1H3/b18-10-. The Morgan fingerprint density at radius 1 is 1.10 bits per heavy atom. The number of halogens is 3. The second kappa shape index (κ2) is 10.0. The number of ether oxygens (including phenoxy) is 2. The SMILES string of the molecule is COc1cc(/C=C(/C#N)c2ccc(Cl)cc2)cc(I)c1OCc1ccccc1Cl. The van der Waals surface area contributed by atoms with Crippen molar-refractivity contribution in [1.29, 1.82) is 5.26 Å². The minimum absolute atomic E-state index is 0.329. The largest absolute Gasteiger partial charge is 0.493 e. The maximum Gasteiger partial charge on any atom is 0.174 e. The molecule has 0 saturated heterocycles. The number of nitriles is 1. The Bertz CT molecular complexity index is 1090. The predicted molar refractivity (Wildman–Crippen MR) is 126 cm³/mol. The van der Waals surface area contributed by atoms with E-state index in [0.29, 0.717) is 33.7 Å². The molecule has 3 aromatic carbocycles. The van der Waals surface area contributed by atoms with Crippen molar-refractivity contribution in [2.24, 2.45) is 0 Å². The first kappa shape index (κ1) is 21.5. The Balaban J connectivity index is 1.90. The van der Waals surface area contributed by atoms with Gasteiger partial charge >= 0.3 is 0 Å². The van der Waals surface area contributed by atoms with Gasteiger partial charge in [-0.1, -0.05) is 53.5 Å². The molecule has 0 aromatic heterocycles. The summed E-state index contributed by atoms with van der Waals surface area (Å²) in [6.45, 7) is 0.329. The third kappa shape index (κ3) is 5.45. The summed E-state index contributed by atoms with van der Waals surface area (Å²) in [5, 5.41) is 10.9. The van der Waals surface area contributed by atoms with Crippen LogP contribution in [-0.2, 0) is 6.61 Å². The smallest absolute Gasteiger partial charge is 0.174 e. The highest BCUT2D eigenvalue weighted by Crippen LogP contribution is 2.36. The zero-order valence-electron chi connectivity index (χ0n) is 15.5. The third-order valence-corrected chi connectivity index (χ3v) is 5.59. The number of allylic oxidation sites excluding steroid dienone is 1. The number of methoxy groups -OCH3 is 1. The van der Waals surface area contributed by atoms with Crippen LogP contribution in [0, 0.1) is 14.9 Å². The van der Waals surface area contributed by atoms with E-state index in [2.05, 4.69) is 28.7 Å². The van der Waals surface area contributed by atoms with E-state index in [-0.39, 0.29) is 0 Å². The van der Waals surface area contributed by atoms with Crippen LogP contribution in [0.3, 0.4) is 0 Å². The van der Waals surface area contributed by atoms with Crippen LogP contribution in [0.2, 0.25) is 10.0 Å². The van der Waals surface area contributed by atoms with Crippen molar-refractivity contribution in [2.75, 3.05) is 7.11 Å². The summed E-state index contributed by atoms with van der Waals surface area (Å²) >= 11 is 14.3. The number of hydrogen-bond donors (Lipinski definition) is 0. The Morgan fingerprint density at radius 3 is 2.48 bits per heavy atom. The van der Waals surface area contributed by atoms with Crippen molar-refractivity contribution in [3.8, 4) is 17.6 Å². The quantitative estimate of drug-likeness (QED) is 0.190. The van der Waals surface area contributed by atoms with Crippen LogP contribution in [0.25, 0.3) is 11.6 Å². The lowest BCUT2D eigenvalue weighted by Crippen LogP contribution is -2.00. The molecule has 0 atom stereocenters. The zero-order valence-corrected chi connectivity index (χ0v) is 19.1. The van der Waals surface area contributed by atoms with Crippen LogP contribution in [-0.4, -0.2) is 7.11 Å². The van der Waals surface area contributed by atoms with Crippen LogP contribution in [0.4, 0.5) is 0 Å². The first-order valence-electron chi connectivity index (χ1n) is 8.63. The molecule has 0 radical (unpaired) electrons. The van der Waals surface area contributed by atoms with Crippen molar-refractivity contribution < 1.29 is 9.47 Å². The molecular formula is C23H16Cl2INO2. The van der Waals surface area contributed by atoms with Gasteiger partial charge in [-0.2, -0.15) is 5.26 Å². The van der Waals surface area contributed by atoms with E-state index in [4.69, 9.17) is 32.7 Å². The van der Waals surface area contributed by atoms with E-state index < -0.39 is 0 Å². The van der Waals surface area contributed by atoms with Crippen molar-refractivity contribution in [3.63, 3.8) is 0 Å². The molecular weight excluding hydrogens is 520 g/mol. The van der Waals surface area contributed by atoms with Gasteiger partial charge < -0.3 is 9.47 Å². The van der Waals surface area contributed by atoms with Crippen LogP contribution >= 0.6 is 45.8 Å². The molecule has 29 heavy (non-hydrogen) atoms. The summed E-state index contributed by atoms with van der Waals surface area (Å²) in [6.07, 6.45) is 1.81. The van der Waals surface area contributed by atoms with Gasteiger partial charge in [-0.3, -0.25) is 0 Å². The molecule has 0 saturated carbocycles. The molecule has 3 aromatic rings. The lowest BCUT2D eigenvalue weighted by atomic mass is 10.0. The molecule has 0 heterocycles. The van der Waals surface area contributed by atoms with E-state index in [1.165, 1.54) is 0 Å². The molecule has 0 aliphatic heterocycles. The summed E-state index contributed by atoms with van der Waals surface area (Å²) in [7, 11) is 1.59. The van der Waals surface area contributed by atoms with Gasteiger partial charge in [0.1, 0.15) is 6.61 Å². The second-order valence-electron chi connectivity index (χ2n) is 6.09. The Morgan fingerprint density at radius 2 is 1.83 bits per heavy atom. The molecule has 3 nitrogen and oxygen atoms in total. The number of benzene rings is 3. The van der Waals surface area contributed by atoms with E-state index in [1.54, 1.807) is 19.2 Å². The zero-order chi connectivity index (χ0) is 20.8. The Labute approximate surface area is 193 Å². The van der Waals surface area contributed by atoms with Crippen LogP contribution in [0.15, 0.2) is 60.7 Å². The average Bonchev–Trinajstić information content (AvgIpc) is 2.72. The van der Waals surface area contributed by atoms with Crippen molar-refractivity contribution in [2.45, 2.75) is 6.61 Å². The van der Waals surface area contributed by atoms with Crippen molar-refractivity contribution in [3.05, 3.63) is 91.0 Å². The topological polar surface area (TPSA) is 42.2 Å². The van der Waals surface area contributed by atoms with E-state index in [1.807, 2.05) is 54.6 Å². The van der Waals surface area contributed by atoms with Gasteiger partial charge in [0.25, 0.3) is 0 Å². The fraction of sp³-hybridized carbons (Fsp3) is 0.0870. The molecule has 0 aliphatic carbocycles. The van der Waals surface area contributed by atoms with Gasteiger partial charge in [0.05, 0.1) is 22.3 Å². The third-order valence-electron chi connectivity index (χ3n) is 4.17. The van der Waals surface area contributed by atoms with Crippen molar-refractivity contribution >= 4 is 57.4 Å². The lowest BCUT2D eigenvalue weighted by Gasteiger charge is -2.14. The van der Waals surface area contributed by atoms with Gasteiger partial charge in [0.15, 0.2) is 11.5 Å². The molecule has 146 valence electrons. The average molecular weight is 536 g/mol. The monoisotopic (exact) mass is 535 g/mol. The minimum atomic E-state index is 0.329. The molecule has 0 bridgehead atoms. The molecule has 3 rings (SSSR count). The van der Waals surface area contributed by atoms with Gasteiger partial charge in [0, 0.05) is 15.6 Å². The number of rotatable bonds is 6. The lowest BCUT2D eigenvalue weighted by molar-refractivity contribution is 0.282. The second-order valence-corrected chi connectivity index (χ2v) is 8.10. The molecule has 0 spiro atoms. The van der Waals surface area contributed by atoms with Gasteiger partial charge in [-0.15, -0.1) is 0 Å². The van der Waals surface area contributed by atoms with Crippen LogP contribution < -0.4 is 9.47 Å². The highest BCUT2D eigenvalue weighted by atomic mass is 127. The molecule has 0 fully saturated rings. The summed E-state index contributed by atoms with van der Waals surface area (Å²) in [5.41, 5.74) is 3.06. The highest BCUT2D eigenvalue weighted by molar-refractivity contribution is 14.1. The maximum absolute atomic E-state index is 9.58. The molecule has 0 amide bonds. The Hall–Kier alpha value is -2.20. The first-order valence-corrected chi connectivity index (χ1v) is 10.5. The van der Waals surface area contributed by atoms with Gasteiger partial charge in [0.2, 0.25) is 0 Å². The van der Waals surface area contributed by atoms with Crippen molar-refractivity contribution in [1.82, 2.24) is 0 Å². The van der Waals surface area contributed by atoms with Gasteiger partial charge in [-0.25, -0.2) is 0 Å². The van der Waals surface area contributed by atoms with Crippen LogP contribution in [0.5, 0.6) is 11.5 Å². The normalized spacial score (nSPS) is 11.1. The summed E-state index contributed by atoms with van der Waals surface area (Å²) in [6, 6.07) is 20.7. The highest BCUT2D eigenvalue weighted by Gasteiger charge is 2.13. The molecule has 0 N–H and O–H groups in total. The summed E-state index contributed by atoms with van der Waals surface area (Å²) in [4.78, 5) is 0. The molecule has 6 heteroatoms. The summed E-state index contributed by atoms with van der Waals surface area (Å²) in [5.74, 6) is 1.22. The first-order chi connectivity index (χ1) is 14.0. The maximum atomic E-state index is 9.58.